The minimum Gasteiger partial charge on any atom is -0.368 e. The van der Waals surface area contributed by atoms with Crippen LogP contribution in [0.25, 0.3) is 0 Å². The van der Waals surface area contributed by atoms with Crippen LogP contribution >= 0.6 is 0 Å². The molecule has 0 saturated carbocycles. The van der Waals surface area contributed by atoms with Crippen LogP contribution in [0.3, 0.4) is 0 Å². The number of anilines is 2. The Labute approximate surface area is 175 Å². The number of aliphatic imine (C=N–C) groups is 1. The lowest BCUT2D eigenvalue weighted by molar-refractivity contribution is 0.481. The van der Waals surface area contributed by atoms with Gasteiger partial charge in [0.1, 0.15) is 5.82 Å². The van der Waals surface area contributed by atoms with E-state index in [1.54, 1.807) is 18.4 Å². The maximum Gasteiger partial charge on any atom is 0.294 e. The van der Waals surface area contributed by atoms with Crippen LogP contribution in [0.2, 0.25) is 0 Å². The smallest absolute Gasteiger partial charge is 0.294 e. The molecule has 5 N–H and O–H groups in total. The van der Waals surface area contributed by atoms with Gasteiger partial charge in [-0.3, -0.25) is 14.1 Å². The summed E-state index contributed by atoms with van der Waals surface area (Å²) in [5.41, 5.74) is 1.02. The number of rotatable bonds is 10. The van der Waals surface area contributed by atoms with E-state index >= 15 is 0 Å². The highest BCUT2D eigenvalue weighted by molar-refractivity contribution is 7.86. The summed E-state index contributed by atoms with van der Waals surface area (Å²) in [5.74, 6) is 0.519. The predicted octanol–water partition coefficient (Wildman–Crippen LogP) is 2.18. The fourth-order valence-electron chi connectivity index (χ4n) is 2.25. The van der Waals surface area contributed by atoms with Gasteiger partial charge in [-0.15, -0.1) is 0 Å². The average Bonchev–Trinajstić information content (AvgIpc) is 2.67. The standard InChI is InChI=1S/C18H22N4O6S2/c1-2-19-11-10-18(22-14-6-8-16(9-7-14)29(23,24)25)21-13-20-15-4-3-5-17(12-15)30(26,27)28/h3-12,20-22H,2,13H2,1H3,(H,23,24,25)(H,26,27,28). The molecule has 2 rings (SSSR count). The molecule has 2 aromatic carbocycles. The lowest BCUT2D eigenvalue weighted by Crippen LogP contribution is -2.26. The van der Waals surface area contributed by atoms with Crippen LogP contribution in [0.15, 0.2) is 75.2 Å². The summed E-state index contributed by atoms with van der Waals surface area (Å²) >= 11 is 0. The molecule has 30 heavy (non-hydrogen) atoms. The van der Waals surface area contributed by atoms with Gasteiger partial charge in [0.05, 0.1) is 16.5 Å². The molecule has 0 saturated heterocycles. The molecular weight excluding hydrogens is 432 g/mol. The zero-order valence-electron chi connectivity index (χ0n) is 16.0. The summed E-state index contributed by atoms with van der Waals surface area (Å²) in [6.07, 6.45) is 3.25. The van der Waals surface area contributed by atoms with Crippen molar-refractivity contribution >= 4 is 37.8 Å². The van der Waals surface area contributed by atoms with Crippen molar-refractivity contribution < 1.29 is 25.9 Å². The third-order valence-electron chi connectivity index (χ3n) is 3.66. The van der Waals surface area contributed by atoms with Crippen molar-refractivity contribution in [1.82, 2.24) is 5.32 Å². The van der Waals surface area contributed by atoms with E-state index in [9.17, 15) is 16.8 Å². The Morgan fingerprint density at radius 2 is 1.63 bits per heavy atom. The lowest BCUT2D eigenvalue weighted by atomic mass is 10.3. The van der Waals surface area contributed by atoms with Gasteiger partial charge in [0.2, 0.25) is 0 Å². The second-order valence-corrected chi connectivity index (χ2v) is 8.73. The first-order valence-corrected chi connectivity index (χ1v) is 11.6. The van der Waals surface area contributed by atoms with Gasteiger partial charge in [0.15, 0.2) is 0 Å². The third kappa shape index (κ3) is 7.48. The van der Waals surface area contributed by atoms with Crippen molar-refractivity contribution in [2.24, 2.45) is 4.99 Å². The van der Waals surface area contributed by atoms with Crippen molar-refractivity contribution in [1.29, 1.82) is 0 Å². The van der Waals surface area contributed by atoms with E-state index in [0.717, 1.165) is 0 Å². The van der Waals surface area contributed by atoms with Gasteiger partial charge in [-0.1, -0.05) is 6.07 Å². The van der Waals surface area contributed by atoms with Crippen LogP contribution < -0.4 is 16.0 Å². The van der Waals surface area contributed by atoms with Crippen molar-refractivity contribution in [2.75, 3.05) is 23.8 Å². The van der Waals surface area contributed by atoms with Gasteiger partial charge < -0.3 is 16.0 Å². The van der Waals surface area contributed by atoms with Crippen LogP contribution in [-0.2, 0) is 20.2 Å². The number of benzene rings is 2. The molecule has 0 aliphatic carbocycles. The van der Waals surface area contributed by atoms with Crippen LogP contribution in [0.1, 0.15) is 6.92 Å². The number of hydrogen-bond acceptors (Lipinski definition) is 8. The number of hydrogen-bond donors (Lipinski definition) is 5. The van der Waals surface area contributed by atoms with Crippen molar-refractivity contribution in [3.8, 4) is 0 Å². The van der Waals surface area contributed by atoms with Gasteiger partial charge in [0, 0.05) is 24.1 Å². The van der Waals surface area contributed by atoms with Gasteiger partial charge in [-0.2, -0.15) is 16.8 Å². The lowest BCUT2D eigenvalue weighted by Gasteiger charge is -2.15. The van der Waals surface area contributed by atoms with E-state index in [1.165, 1.54) is 42.5 Å². The molecule has 0 unspecified atom stereocenters. The zero-order valence-corrected chi connectivity index (χ0v) is 17.6. The molecule has 0 spiro atoms. The Morgan fingerprint density at radius 3 is 2.23 bits per heavy atom. The first-order valence-electron chi connectivity index (χ1n) is 8.69. The summed E-state index contributed by atoms with van der Waals surface area (Å²) in [6, 6.07) is 11.2. The van der Waals surface area contributed by atoms with Crippen LogP contribution in [-0.4, -0.2) is 45.4 Å². The van der Waals surface area contributed by atoms with Crippen LogP contribution in [0, 0.1) is 0 Å². The van der Waals surface area contributed by atoms with Crippen molar-refractivity contribution in [3.63, 3.8) is 0 Å². The van der Waals surface area contributed by atoms with Gasteiger partial charge in [0.25, 0.3) is 20.2 Å². The molecule has 12 heteroatoms. The summed E-state index contributed by atoms with van der Waals surface area (Å²) in [5, 5.41) is 9.06. The zero-order chi connectivity index (χ0) is 22.2. The number of nitrogens with zero attached hydrogens (tertiary/aromatic N) is 1. The highest BCUT2D eigenvalue weighted by Gasteiger charge is 2.10. The largest absolute Gasteiger partial charge is 0.368 e. The topological polar surface area (TPSA) is 157 Å². The number of nitrogens with one attached hydrogen (secondary N) is 3. The average molecular weight is 455 g/mol. The third-order valence-corrected chi connectivity index (χ3v) is 5.38. The van der Waals surface area contributed by atoms with Crippen molar-refractivity contribution in [2.45, 2.75) is 16.7 Å². The maximum atomic E-state index is 11.2. The van der Waals surface area contributed by atoms with E-state index in [-0.39, 0.29) is 16.5 Å². The molecule has 0 fully saturated rings. The second kappa shape index (κ2) is 10.2. The fraction of sp³-hybridized carbons (Fsp3) is 0.167. The molecule has 0 aliphatic rings. The molecule has 0 atom stereocenters. The molecule has 0 aliphatic heterocycles. The highest BCUT2D eigenvalue weighted by Crippen LogP contribution is 2.16. The molecule has 2 aromatic rings. The number of allylic oxidation sites excluding steroid dienone is 1. The first kappa shape index (κ1) is 23.3. The van der Waals surface area contributed by atoms with Gasteiger partial charge in [-0.25, -0.2) is 0 Å². The van der Waals surface area contributed by atoms with E-state index in [2.05, 4.69) is 20.9 Å². The molecule has 10 nitrogen and oxygen atoms in total. The summed E-state index contributed by atoms with van der Waals surface area (Å²) in [6.45, 7) is 2.66. The van der Waals surface area contributed by atoms with E-state index < -0.39 is 20.2 Å². The van der Waals surface area contributed by atoms with Crippen LogP contribution in [0.4, 0.5) is 11.4 Å². The Bertz CT molecular complexity index is 1130. The maximum absolute atomic E-state index is 11.2. The van der Waals surface area contributed by atoms with E-state index in [0.29, 0.717) is 23.7 Å². The van der Waals surface area contributed by atoms with E-state index in [4.69, 9.17) is 9.11 Å². The molecule has 0 aromatic heterocycles. The molecule has 0 bridgehead atoms. The monoisotopic (exact) mass is 454 g/mol. The predicted molar refractivity (Wildman–Crippen MR) is 115 cm³/mol. The molecule has 162 valence electrons. The SMILES string of the molecule is CCN=CC=C(NCNc1cccc(S(=O)(=O)O)c1)Nc1ccc(S(=O)(=O)O)cc1. The van der Waals surface area contributed by atoms with Gasteiger partial charge >= 0.3 is 0 Å². The first-order chi connectivity index (χ1) is 14.1. The summed E-state index contributed by atoms with van der Waals surface area (Å²) in [7, 11) is -8.57. The van der Waals surface area contributed by atoms with E-state index in [1.807, 2.05) is 6.92 Å². The quantitative estimate of drug-likeness (QED) is 0.206. The Morgan fingerprint density at radius 1 is 0.967 bits per heavy atom. The van der Waals surface area contributed by atoms with Crippen LogP contribution in [0.5, 0.6) is 0 Å². The Kier molecular flexibility index (Phi) is 7.94. The molecule has 0 heterocycles. The fourth-order valence-corrected chi connectivity index (χ4v) is 3.26. The van der Waals surface area contributed by atoms with Crippen molar-refractivity contribution in [3.05, 3.63) is 60.4 Å². The summed E-state index contributed by atoms with van der Waals surface area (Å²) in [4.78, 5) is 3.65. The van der Waals surface area contributed by atoms with Gasteiger partial charge in [-0.05, 0) is 55.5 Å². The highest BCUT2D eigenvalue weighted by atomic mass is 32.2. The normalized spacial score (nSPS) is 12.7. The second-order valence-electron chi connectivity index (χ2n) is 5.89. The Hall–Kier alpha value is -2.93. The summed E-state index contributed by atoms with van der Waals surface area (Å²) < 4.78 is 62.9. The molecule has 0 amide bonds. The molecular formula is C18H22N4O6S2. The minimum absolute atomic E-state index is 0.191. The Balaban J connectivity index is 2.07. The molecule has 0 radical (unpaired) electrons. The minimum atomic E-state index is -4.30.